The number of anilines is 1. The Morgan fingerprint density at radius 1 is 0.765 bits per heavy atom. The molecule has 3 aromatic rings. The van der Waals surface area contributed by atoms with E-state index in [4.69, 9.17) is 43.1 Å². The normalized spacial score (nSPS) is 20.5. The van der Waals surface area contributed by atoms with E-state index in [0.717, 1.165) is 106 Å². The number of nitrogens with zero attached hydrogens (tertiary/aromatic N) is 8. The first-order valence-corrected chi connectivity index (χ1v) is 26.6. The number of aryl methyl sites for hydroxylation is 1. The standard InChI is InChI=1S/C30H35ClN5.C21H21ClN2.C11H14N2.C2H4O2.ClH.2HI.Na/c1-29(2)22-10-8-16-35(6)27(22)32-24(29)14-12-20-18-34(5)19-21(26(20)31)13-15-25-30(3,4)23-11-9-17-36(7)28(23)33-25;1-24-15-18(13-12-17-8-4-2-5-9-17)21(22)19(16-24)14-23-20-10-6-3-7-11-20;1-8-11(2,3)9-6-5-7-13(4)10(9)12-8;1-2(3)4;;;;/h8-17H,18-19H2,1-7H3;2-14,23H,15-16H2,1H3;5-7H,1H2,2-4H3;1H3,(H,3,4);3*1H;/q+1;;+2;;;;;+1/p-2/b;13-12+,19-14+;;;;;;. The molecule has 0 unspecified atom stereocenters. The molecule has 2 aromatic carbocycles. The molecule has 10 rings (SSSR count). The van der Waals surface area contributed by atoms with Crippen molar-refractivity contribution < 1.29 is 72.6 Å². The van der Waals surface area contributed by atoms with Crippen LogP contribution in [0.25, 0.3) is 6.08 Å². The number of carboxylic acid groups (broad SMARTS) is 1. The van der Waals surface area contributed by atoms with Gasteiger partial charge in [-0.3, -0.25) is 9.80 Å². The van der Waals surface area contributed by atoms with Gasteiger partial charge in [0.05, 0.1) is 42.0 Å². The maximum absolute atomic E-state index is 8.89. The third-order valence-electron chi connectivity index (χ3n) is 14.4. The molecule has 0 saturated heterocycles. The number of hydrogen-bond acceptors (Lipinski definition) is 9. The predicted molar refractivity (Wildman–Crippen MR) is 342 cm³/mol. The fraction of sp³-hybridized carbons (Fsp3) is 0.297. The van der Waals surface area contributed by atoms with Gasteiger partial charge in [-0.05, 0) is 130 Å². The smallest absolute Gasteiger partial charge is 1.00 e. The van der Waals surface area contributed by atoms with E-state index in [9.17, 15) is 0 Å². The van der Waals surface area contributed by atoms with Crippen LogP contribution in [-0.4, -0.2) is 103 Å². The minimum absolute atomic E-state index is 0. The van der Waals surface area contributed by atoms with Crippen molar-refractivity contribution in [2.45, 2.75) is 53.9 Å². The molecule has 81 heavy (non-hydrogen) atoms. The number of aromatic nitrogens is 1. The van der Waals surface area contributed by atoms with Gasteiger partial charge in [0.15, 0.2) is 23.2 Å². The number of carbonyl (C=O) groups excluding carboxylic acids is 1. The molecule has 0 radical (unpaired) electrons. The summed E-state index contributed by atoms with van der Waals surface area (Å²) in [6.45, 7) is 21.5. The van der Waals surface area contributed by atoms with E-state index in [1.807, 2.05) is 99.1 Å². The van der Waals surface area contributed by atoms with E-state index in [2.05, 4.69) is 177 Å². The van der Waals surface area contributed by atoms with Crippen LogP contribution in [0.15, 0.2) is 216 Å². The number of pyridine rings is 1. The zero-order chi connectivity index (χ0) is 55.8. The van der Waals surface area contributed by atoms with Crippen LogP contribution in [0.2, 0.25) is 0 Å². The number of hydrogen-bond donors (Lipinski definition) is 1. The quantitative estimate of drug-likeness (QED) is 0.130. The van der Waals surface area contributed by atoms with Crippen molar-refractivity contribution in [3.8, 4) is 0 Å². The van der Waals surface area contributed by atoms with Crippen LogP contribution in [0, 0.1) is 17.3 Å². The van der Waals surface area contributed by atoms with Gasteiger partial charge in [-0.15, -0.1) is 36.4 Å². The minimum atomic E-state index is -1.08. The van der Waals surface area contributed by atoms with Crippen LogP contribution in [0.1, 0.15) is 59.6 Å². The number of halogens is 5. The monoisotopic (exact) mass is 1380 g/mol. The van der Waals surface area contributed by atoms with Gasteiger partial charge in [-0.25, -0.2) is 9.56 Å². The van der Waals surface area contributed by atoms with Crippen LogP contribution in [0.3, 0.4) is 0 Å². The van der Waals surface area contributed by atoms with Crippen molar-refractivity contribution >= 4 is 107 Å². The van der Waals surface area contributed by atoms with Gasteiger partial charge in [-0.1, -0.05) is 116 Å². The molecule has 0 bridgehead atoms. The van der Waals surface area contributed by atoms with Crippen LogP contribution in [0.4, 0.5) is 11.5 Å². The van der Waals surface area contributed by atoms with Crippen LogP contribution >= 0.6 is 59.6 Å². The van der Waals surface area contributed by atoms with E-state index in [-0.39, 0.29) is 106 Å². The molecular formula is C64H75Cl3I2N9NaO2+2. The second kappa shape index (κ2) is 30.9. The number of aliphatic imine (C=N–C) groups is 3. The number of fused-ring (bicyclic) bond motifs is 3. The van der Waals surface area contributed by atoms with Crippen molar-refractivity contribution in [3.63, 3.8) is 0 Å². The van der Waals surface area contributed by atoms with Crippen molar-refractivity contribution in [3.05, 3.63) is 219 Å². The second-order valence-corrected chi connectivity index (χ2v) is 22.4. The average Bonchev–Trinajstić information content (AvgIpc) is 3.92. The van der Waals surface area contributed by atoms with Crippen molar-refractivity contribution in [1.29, 1.82) is 0 Å². The first-order chi connectivity index (χ1) is 36.5. The number of likely N-dealkylation sites (N-methyl/N-ethyl adjacent to an activating group) is 4. The molecule has 0 fully saturated rings. The number of amidine groups is 2. The van der Waals surface area contributed by atoms with Gasteiger partial charge >= 0.3 is 41.2 Å². The van der Waals surface area contributed by atoms with Crippen LogP contribution in [0.5, 0.6) is 0 Å². The molecule has 0 atom stereocenters. The Hall–Kier alpha value is -4.40. The van der Waals surface area contributed by atoms with E-state index < -0.39 is 5.97 Å². The Balaban J connectivity index is 0.000000330. The summed E-state index contributed by atoms with van der Waals surface area (Å²) in [5.41, 5.74) is 13.2. The molecule has 0 aliphatic carbocycles. The first-order valence-electron chi connectivity index (χ1n) is 25.8. The molecule has 17 heteroatoms. The third-order valence-corrected chi connectivity index (χ3v) is 15.4. The van der Waals surface area contributed by atoms with E-state index >= 15 is 0 Å². The Morgan fingerprint density at radius 2 is 1.35 bits per heavy atom. The molecular weight excluding hydrogens is 1310 g/mol. The number of nitrogens with one attached hydrogen (secondary N) is 1. The maximum atomic E-state index is 8.89. The number of para-hydroxylation sites is 1. The topological polar surface area (TPSA) is 106 Å². The molecule has 0 spiro atoms. The van der Waals surface area contributed by atoms with Gasteiger partial charge in [0.1, 0.15) is 23.7 Å². The summed E-state index contributed by atoms with van der Waals surface area (Å²) in [4.78, 5) is 29.9. The summed E-state index contributed by atoms with van der Waals surface area (Å²) in [7, 11) is 10.3. The van der Waals surface area contributed by atoms with Crippen LogP contribution in [-0.2, 0) is 17.3 Å². The maximum Gasteiger partial charge on any atom is 1.00 e. The van der Waals surface area contributed by atoms with Gasteiger partial charge in [0, 0.05) is 78.9 Å². The van der Waals surface area contributed by atoms with E-state index in [0.29, 0.717) is 0 Å². The van der Waals surface area contributed by atoms with E-state index in [1.54, 1.807) is 0 Å². The predicted octanol–water partition coefficient (Wildman–Crippen LogP) is 6.24. The first kappa shape index (κ1) is 70.9. The largest absolute Gasteiger partial charge is 1.00 e. The fourth-order valence-corrected chi connectivity index (χ4v) is 10.1. The molecule has 11 nitrogen and oxygen atoms in total. The van der Waals surface area contributed by atoms with Gasteiger partial charge in [0.2, 0.25) is 0 Å². The molecule has 7 aliphatic rings. The molecule has 0 amide bonds. The zero-order valence-electron chi connectivity index (χ0n) is 48.9. The summed E-state index contributed by atoms with van der Waals surface area (Å²) in [5, 5.41) is 13.9. The third kappa shape index (κ3) is 17.4. The molecule has 0 saturated carbocycles. The molecule has 1 aromatic heterocycles. The molecule has 422 valence electrons. The van der Waals surface area contributed by atoms with E-state index in [1.165, 1.54) is 22.3 Å². The summed E-state index contributed by atoms with van der Waals surface area (Å²) < 4.78 is 4.12. The second-order valence-electron chi connectivity index (χ2n) is 21.6. The van der Waals surface area contributed by atoms with Gasteiger partial charge < -0.3 is 44.1 Å². The molecule has 7 aliphatic heterocycles. The number of rotatable bonds is 7. The minimum Gasteiger partial charge on any atom is -1.00 e. The molecule has 1 N–H and O–H groups in total. The Kier molecular flexibility index (Phi) is 27.1. The molecule has 8 heterocycles. The average molecular weight is 1390 g/mol. The number of aliphatic carboxylic acids is 1. The summed E-state index contributed by atoms with van der Waals surface area (Å²) >= 11 is 13.6. The Labute approximate surface area is 554 Å². The number of carboxylic acids is 1. The summed E-state index contributed by atoms with van der Waals surface area (Å²) in [6.07, 6.45) is 29.3. The summed E-state index contributed by atoms with van der Waals surface area (Å²) in [5.74, 6) is 2.00. The number of benzene rings is 2. The van der Waals surface area contributed by atoms with Crippen molar-refractivity contribution in [2.24, 2.45) is 32.9 Å². The number of carbonyl (C=O) groups is 1. The van der Waals surface area contributed by atoms with Gasteiger partial charge in [0.25, 0.3) is 0 Å². The van der Waals surface area contributed by atoms with Gasteiger partial charge in [-0.2, -0.15) is 4.58 Å². The number of allylic oxidation sites excluding steroid dienone is 8. The van der Waals surface area contributed by atoms with Crippen molar-refractivity contribution in [2.75, 3.05) is 59.7 Å². The van der Waals surface area contributed by atoms with Crippen LogP contribution < -0.4 is 68.5 Å². The fourth-order valence-electron chi connectivity index (χ4n) is 9.67. The van der Waals surface area contributed by atoms with Crippen molar-refractivity contribution in [1.82, 2.24) is 14.7 Å². The Morgan fingerprint density at radius 3 is 1.94 bits per heavy atom. The SMILES string of the molecule is C=C1N=C2C(=C[CH+]C=[N+]2C)C1(C)C.CC(=O)[O-].CN1CC(/C=C/C2=Nc3c(ccc[n+]3C)C2(C)C)=C(Cl)C(=C/C=C2/N=C3C(=CC=CN3C)C2(C)C)/C1.CN1CC(/C=C/c2ccccc2)=C(Cl)C(=C/Nc2ccccc2)/C1.Cl.I.[I-].[Na+]. The Bertz CT molecular complexity index is 3270. The summed E-state index contributed by atoms with van der Waals surface area (Å²) in [6, 6.07) is 24.6. The zero-order valence-corrected chi connectivity index (χ0v) is 57.7.